The fourth-order valence-electron chi connectivity index (χ4n) is 3.75. The number of carbonyl (C=O) groups is 2. The van der Waals surface area contributed by atoms with Crippen molar-refractivity contribution in [3.8, 4) is 5.82 Å². The second kappa shape index (κ2) is 11.3. The molecule has 0 spiro atoms. The Labute approximate surface area is 226 Å². The lowest BCUT2D eigenvalue weighted by atomic mass is 9.96. The normalized spacial score (nSPS) is 14.1. The molecule has 1 saturated carbocycles. The Kier molecular flexibility index (Phi) is 8.41. The van der Waals surface area contributed by atoms with Gasteiger partial charge >= 0.3 is 0 Å². The molecule has 0 radical (unpaired) electrons. The average Bonchev–Trinajstić information content (AvgIpc) is 3.21. The zero-order valence-corrected chi connectivity index (χ0v) is 23.3. The molecule has 2 amide bonds. The standard InChI is InChI=1S/C22H20Br3ClN6O2/c23-12-9-14(21(33)30-29-13-5-2-1-3-6-13)19(15(24)10-12)28-22(34)17-11-18(25)31-32(17)20-16(26)7-4-8-27-20/h4,7-11,13,29H,1-3,5-6H2,(H,28,34)(H,30,33). The van der Waals surface area contributed by atoms with Crippen molar-refractivity contribution in [2.75, 3.05) is 5.32 Å². The van der Waals surface area contributed by atoms with E-state index in [1.54, 1.807) is 36.5 Å². The lowest BCUT2D eigenvalue weighted by Gasteiger charge is -2.23. The highest BCUT2D eigenvalue weighted by molar-refractivity contribution is 9.11. The van der Waals surface area contributed by atoms with Crippen molar-refractivity contribution in [2.24, 2.45) is 0 Å². The van der Waals surface area contributed by atoms with Gasteiger partial charge in [0.25, 0.3) is 11.8 Å². The van der Waals surface area contributed by atoms with Gasteiger partial charge in [-0.05, 0) is 69.0 Å². The van der Waals surface area contributed by atoms with Gasteiger partial charge in [0.2, 0.25) is 0 Å². The van der Waals surface area contributed by atoms with Crippen molar-refractivity contribution in [1.29, 1.82) is 0 Å². The molecule has 34 heavy (non-hydrogen) atoms. The summed E-state index contributed by atoms with van der Waals surface area (Å²) in [5.41, 5.74) is 6.72. The summed E-state index contributed by atoms with van der Waals surface area (Å²) < 4.78 is 3.01. The number of nitrogens with one attached hydrogen (secondary N) is 3. The van der Waals surface area contributed by atoms with Crippen molar-refractivity contribution in [3.63, 3.8) is 0 Å². The molecule has 3 N–H and O–H groups in total. The smallest absolute Gasteiger partial charge is 0.274 e. The van der Waals surface area contributed by atoms with E-state index in [9.17, 15) is 9.59 Å². The lowest BCUT2D eigenvalue weighted by molar-refractivity contribution is 0.0920. The number of hydrazine groups is 1. The van der Waals surface area contributed by atoms with Gasteiger partial charge in [0.05, 0.1) is 16.3 Å². The summed E-state index contributed by atoms with van der Waals surface area (Å²) in [4.78, 5) is 30.6. The second-order valence-electron chi connectivity index (χ2n) is 7.77. The van der Waals surface area contributed by atoms with Gasteiger partial charge in [-0.25, -0.2) is 15.1 Å². The third kappa shape index (κ3) is 5.88. The predicted octanol–water partition coefficient (Wildman–Crippen LogP) is 6.03. The van der Waals surface area contributed by atoms with Crippen molar-refractivity contribution in [3.05, 3.63) is 66.4 Å². The van der Waals surface area contributed by atoms with E-state index in [0.29, 0.717) is 35.6 Å². The van der Waals surface area contributed by atoms with Gasteiger partial charge < -0.3 is 5.32 Å². The number of halogens is 4. The van der Waals surface area contributed by atoms with Gasteiger partial charge in [0.15, 0.2) is 5.82 Å². The minimum Gasteiger partial charge on any atom is -0.319 e. The predicted molar refractivity (Wildman–Crippen MR) is 141 cm³/mol. The van der Waals surface area contributed by atoms with Gasteiger partial charge in [-0.2, -0.15) is 5.10 Å². The number of nitrogens with zero attached hydrogens (tertiary/aromatic N) is 3. The number of amides is 2. The fraction of sp³-hybridized carbons (Fsp3) is 0.273. The van der Waals surface area contributed by atoms with E-state index in [1.807, 2.05) is 0 Å². The van der Waals surface area contributed by atoms with Gasteiger partial charge in [-0.3, -0.25) is 15.0 Å². The lowest BCUT2D eigenvalue weighted by Crippen LogP contribution is -2.45. The van der Waals surface area contributed by atoms with Gasteiger partial charge in [0.1, 0.15) is 10.3 Å². The maximum atomic E-state index is 13.3. The van der Waals surface area contributed by atoms with Crippen LogP contribution in [-0.4, -0.2) is 32.6 Å². The molecule has 2 heterocycles. The van der Waals surface area contributed by atoms with Gasteiger partial charge in [-0.1, -0.05) is 46.8 Å². The van der Waals surface area contributed by atoms with Crippen LogP contribution in [0.3, 0.4) is 0 Å². The molecule has 0 aliphatic heterocycles. The monoisotopic (exact) mass is 672 g/mol. The molecule has 12 heteroatoms. The Hall–Kier alpha value is -1.79. The first-order valence-electron chi connectivity index (χ1n) is 10.6. The first kappa shape index (κ1) is 25.3. The molecule has 8 nitrogen and oxygen atoms in total. The van der Waals surface area contributed by atoms with Crippen molar-refractivity contribution >= 4 is 76.9 Å². The van der Waals surface area contributed by atoms with E-state index < -0.39 is 5.91 Å². The van der Waals surface area contributed by atoms with Crippen LogP contribution in [0.1, 0.15) is 53.0 Å². The highest BCUT2D eigenvalue weighted by Gasteiger charge is 2.23. The molecule has 1 fully saturated rings. The van der Waals surface area contributed by atoms with E-state index in [0.717, 1.165) is 25.7 Å². The zero-order valence-electron chi connectivity index (χ0n) is 17.7. The number of benzene rings is 1. The maximum Gasteiger partial charge on any atom is 0.274 e. The van der Waals surface area contributed by atoms with Crippen molar-refractivity contribution < 1.29 is 9.59 Å². The van der Waals surface area contributed by atoms with E-state index >= 15 is 0 Å². The summed E-state index contributed by atoms with van der Waals surface area (Å²) in [7, 11) is 0. The number of rotatable bonds is 6. The highest BCUT2D eigenvalue weighted by Crippen LogP contribution is 2.32. The number of carbonyl (C=O) groups excluding carboxylic acids is 2. The van der Waals surface area contributed by atoms with Crippen LogP contribution in [0.25, 0.3) is 5.82 Å². The Morgan fingerprint density at radius 1 is 1.06 bits per heavy atom. The second-order valence-corrected chi connectivity index (χ2v) is 10.8. The van der Waals surface area contributed by atoms with Crippen molar-refractivity contribution in [2.45, 2.75) is 38.1 Å². The van der Waals surface area contributed by atoms with Crippen LogP contribution < -0.4 is 16.2 Å². The van der Waals surface area contributed by atoms with Gasteiger partial charge in [-0.15, -0.1) is 0 Å². The van der Waals surface area contributed by atoms with Gasteiger partial charge in [0, 0.05) is 27.3 Å². The van der Waals surface area contributed by atoms with E-state index in [4.69, 9.17) is 11.6 Å². The SMILES string of the molecule is O=C(NNC1CCCCC1)c1cc(Br)cc(Br)c1NC(=O)c1cc(Br)nn1-c1ncccc1Cl. The van der Waals surface area contributed by atoms with Crippen molar-refractivity contribution in [1.82, 2.24) is 25.6 Å². The summed E-state index contributed by atoms with van der Waals surface area (Å²) in [6.07, 6.45) is 7.09. The molecule has 0 saturated heterocycles. The summed E-state index contributed by atoms with van der Waals surface area (Å²) >= 11 is 16.5. The minimum atomic E-state index is -0.489. The molecule has 1 aliphatic carbocycles. The molecular weight excluding hydrogens is 655 g/mol. The number of anilines is 1. The van der Waals surface area contributed by atoms with Crippen LogP contribution in [0.2, 0.25) is 5.02 Å². The molecular formula is C22H20Br3ClN6O2. The Bertz CT molecular complexity index is 1230. The zero-order chi connectivity index (χ0) is 24.2. The van der Waals surface area contributed by atoms with Crippen LogP contribution in [0.15, 0.2) is 50.1 Å². The number of aromatic nitrogens is 3. The number of hydrogen-bond donors (Lipinski definition) is 3. The summed E-state index contributed by atoms with van der Waals surface area (Å²) in [5.74, 6) is -0.535. The topological polar surface area (TPSA) is 101 Å². The van der Waals surface area contributed by atoms with Crippen LogP contribution in [0.4, 0.5) is 5.69 Å². The maximum absolute atomic E-state index is 13.3. The molecule has 2 aromatic heterocycles. The number of hydrogen-bond acceptors (Lipinski definition) is 5. The molecule has 0 unspecified atom stereocenters. The summed E-state index contributed by atoms with van der Waals surface area (Å²) in [6, 6.07) is 8.55. The van der Waals surface area contributed by atoms with Crippen LogP contribution in [0.5, 0.6) is 0 Å². The Morgan fingerprint density at radius 2 is 1.82 bits per heavy atom. The van der Waals surface area contributed by atoms with Crippen LogP contribution in [-0.2, 0) is 0 Å². The van der Waals surface area contributed by atoms with E-state index in [2.05, 4.69) is 74.0 Å². The van der Waals surface area contributed by atoms with Crippen LogP contribution >= 0.6 is 59.4 Å². The first-order chi connectivity index (χ1) is 16.3. The molecule has 178 valence electrons. The Morgan fingerprint density at radius 3 is 2.56 bits per heavy atom. The number of pyridine rings is 1. The largest absolute Gasteiger partial charge is 0.319 e. The van der Waals surface area contributed by atoms with E-state index in [1.165, 1.54) is 11.1 Å². The Balaban J connectivity index is 1.60. The summed E-state index contributed by atoms with van der Waals surface area (Å²) in [6.45, 7) is 0. The molecule has 4 rings (SSSR count). The third-order valence-electron chi connectivity index (χ3n) is 5.39. The van der Waals surface area contributed by atoms with E-state index in [-0.39, 0.29) is 17.6 Å². The summed E-state index contributed by atoms with van der Waals surface area (Å²) in [5, 5.41) is 7.47. The average molecular weight is 676 g/mol. The minimum absolute atomic E-state index is 0.189. The first-order valence-corrected chi connectivity index (χ1v) is 13.3. The van der Waals surface area contributed by atoms with Crippen LogP contribution in [0, 0.1) is 0 Å². The molecule has 0 bridgehead atoms. The molecule has 1 aliphatic rings. The molecule has 1 aromatic carbocycles. The third-order valence-corrected chi connectivity index (χ3v) is 7.15. The highest BCUT2D eigenvalue weighted by atomic mass is 79.9. The quantitative estimate of drug-likeness (QED) is 0.278. The molecule has 3 aromatic rings. The fourth-order valence-corrected chi connectivity index (χ4v) is 5.65. The molecule has 0 atom stereocenters.